The maximum atomic E-state index is 10.6. The van der Waals surface area contributed by atoms with Crippen molar-refractivity contribution in [3.8, 4) is 5.75 Å². The number of aldehydes is 1. The van der Waals surface area contributed by atoms with Crippen LogP contribution in [-0.2, 0) is 0 Å². The largest absolute Gasteiger partial charge is 0.496 e. The van der Waals surface area contributed by atoms with Crippen molar-refractivity contribution in [3.63, 3.8) is 0 Å². The van der Waals surface area contributed by atoms with Crippen molar-refractivity contribution in [1.29, 1.82) is 0 Å². The first-order valence-electron chi connectivity index (χ1n) is 3.98. The second kappa shape index (κ2) is 3.90. The van der Waals surface area contributed by atoms with E-state index in [-0.39, 0.29) is 0 Å². The fourth-order valence-corrected chi connectivity index (χ4v) is 1.07. The Balaban J connectivity index is 3.20. The molecule has 0 bridgehead atoms. The van der Waals surface area contributed by atoms with Gasteiger partial charge in [0.1, 0.15) is 5.75 Å². The van der Waals surface area contributed by atoms with Crippen LogP contribution >= 0.6 is 0 Å². The highest BCUT2D eigenvalue weighted by Crippen LogP contribution is 2.22. The third kappa shape index (κ3) is 1.96. The molecule has 0 fully saturated rings. The Morgan fingerprint density at radius 3 is 2.69 bits per heavy atom. The van der Waals surface area contributed by atoms with Crippen molar-refractivity contribution in [1.82, 2.24) is 0 Å². The van der Waals surface area contributed by atoms with Gasteiger partial charge in [-0.3, -0.25) is 4.79 Å². The second-order valence-electron chi connectivity index (χ2n) is 2.85. The van der Waals surface area contributed by atoms with Crippen molar-refractivity contribution >= 4 is 11.9 Å². The number of ether oxygens (including phenoxy) is 1. The maximum absolute atomic E-state index is 10.6. The Morgan fingerprint density at radius 2 is 2.23 bits per heavy atom. The number of carbonyl (C=O) groups is 1. The summed E-state index contributed by atoms with van der Waals surface area (Å²) < 4.78 is 5.05. The molecule has 13 heavy (non-hydrogen) atoms. The summed E-state index contributed by atoms with van der Waals surface area (Å²) in [6.07, 6.45) is 0.779. The van der Waals surface area contributed by atoms with E-state index in [9.17, 15) is 4.79 Å². The molecule has 1 aromatic rings. The van der Waals surface area contributed by atoms with Gasteiger partial charge in [0.15, 0.2) is 6.29 Å². The molecule has 0 aliphatic heterocycles. The maximum Gasteiger partial charge on any atom is 0.153 e. The average Bonchev–Trinajstić information content (AvgIpc) is 2.16. The third-order valence-electron chi connectivity index (χ3n) is 1.85. The zero-order chi connectivity index (χ0) is 9.84. The first kappa shape index (κ1) is 9.52. The predicted octanol–water partition coefficient (Wildman–Crippen LogP) is 2.54. The van der Waals surface area contributed by atoms with E-state index in [1.54, 1.807) is 13.2 Å². The first-order chi connectivity index (χ1) is 6.19. The van der Waals surface area contributed by atoms with Gasteiger partial charge in [-0.15, -0.1) is 0 Å². The van der Waals surface area contributed by atoms with Gasteiger partial charge in [-0.1, -0.05) is 18.2 Å². The Kier molecular flexibility index (Phi) is 2.85. The van der Waals surface area contributed by atoms with Crippen molar-refractivity contribution in [2.24, 2.45) is 0 Å². The minimum absolute atomic E-state index is 0.563. The summed E-state index contributed by atoms with van der Waals surface area (Å²) >= 11 is 0. The van der Waals surface area contributed by atoms with E-state index < -0.39 is 0 Å². The highest BCUT2D eigenvalue weighted by Gasteiger charge is 2.02. The Labute approximate surface area is 77.8 Å². The molecular formula is C11H12O2. The predicted molar refractivity (Wildman–Crippen MR) is 53.1 cm³/mol. The number of rotatable bonds is 3. The molecule has 0 saturated heterocycles. The smallest absolute Gasteiger partial charge is 0.153 e. The van der Waals surface area contributed by atoms with Crippen LogP contribution in [0.4, 0.5) is 0 Å². The molecule has 68 valence electrons. The van der Waals surface area contributed by atoms with Crippen LogP contribution < -0.4 is 4.74 Å². The standard InChI is InChI=1S/C11H12O2/c1-8(2)9-4-5-10(7-12)11(6-9)13-3/h4-7H,1H2,2-3H3. The zero-order valence-electron chi connectivity index (χ0n) is 7.83. The quantitative estimate of drug-likeness (QED) is 0.661. The Hall–Kier alpha value is -1.57. The molecule has 0 aliphatic rings. The van der Waals surface area contributed by atoms with Gasteiger partial charge in [0.25, 0.3) is 0 Å². The van der Waals surface area contributed by atoms with Crippen LogP contribution in [0.3, 0.4) is 0 Å². The van der Waals surface area contributed by atoms with E-state index in [0.29, 0.717) is 11.3 Å². The molecule has 1 rings (SSSR count). The van der Waals surface area contributed by atoms with Crippen LogP contribution in [0.1, 0.15) is 22.8 Å². The molecule has 0 heterocycles. The van der Waals surface area contributed by atoms with E-state index in [2.05, 4.69) is 6.58 Å². The fraction of sp³-hybridized carbons (Fsp3) is 0.182. The van der Waals surface area contributed by atoms with Crippen LogP contribution in [0.15, 0.2) is 24.8 Å². The minimum Gasteiger partial charge on any atom is -0.496 e. The lowest BCUT2D eigenvalue weighted by molar-refractivity contribution is 0.112. The summed E-state index contributed by atoms with van der Waals surface area (Å²) in [5.41, 5.74) is 2.51. The van der Waals surface area contributed by atoms with Gasteiger partial charge in [-0.2, -0.15) is 0 Å². The van der Waals surface area contributed by atoms with Gasteiger partial charge in [0, 0.05) is 0 Å². The van der Waals surface area contributed by atoms with Gasteiger partial charge in [0.2, 0.25) is 0 Å². The monoisotopic (exact) mass is 176 g/mol. The molecule has 0 saturated carbocycles. The van der Waals surface area contributed by atoms with Crippen LogP contribution in [0.2, 0.25) is 0 Å². The summed E-state index contributed by atoms with van der Waals surface area (Å²) in [7, 11) is 1.55. The van der Waals surface area contributed by atoms with E-state index in [1.807, 2.05) is 19.1 Å². The van der Waals surface area contributed by atoms with Crippen molar-refractivity contribution in [2.45, 2.75) is 6.92 Å². The summed E-state index contributed by atoms with van der Waals surface area (Å²) in [6, 6.07) is 5.40. The zero-order valence-corrected chi connectivity index (χ0v) is 7.83. The van der Waals surface area contributed by atoms with Crippen molar-refractivity contribution in [2.75, 3.05) is 7.11 Å². The molecule has 2 nitrogen and oxygen atoms in total. The fourth-order valence-electron chi connectivity index (χ4n) is 1.07. The van der Waals surface area contributed by atoms with E-state index >= 15 is 0 Å². The van der Waals surface area contributed by atoms with Crippen LogP contribution in [-0.4, -0.2) is 13.4 Å². The number of methoxy groups -OCH3 is 1. The molecule has 0 aliphatic carbocycles. The lowest BCUT2D eigenvalue weighted by atomic mass is 10.1. The number of benzene rings is 1. The van der Waals surface area contributed by atoms with Crippen LogP contribution in [0.25, 0.3) is 5.57 Å². The number of hydrogen-bond acceptors (Lipinski definition) is 2. The molecule has 0 radical (unpaired) electrons. The molecular weight excluding hydrogens is 164 g/mol. The average molecular weight is 176 g/mol. The summed E-state index contributed by atoms with van der Waals surface area (Å²) in [5.74, 6) is 0.593. The first-order valence-corrected chi connectivity index (χ1v) is 3.98. The van der Waals surface area contributed by atoms with E-state index in [4.69, 9.17) is 4.74 Å². The van der Waals surface area contributed by atoms with Crippen LogP contribution in [0.5, 0.6) is 5.75 Å². The lowest BCUT2D eigenvalue weighted by Gasteiger charge is -2.06. The molecule has 1 aromatic carbocycles. The summed E-state index contributed by atoms with van der Waals surface area (Å²) in [4.78, 5) is 10.6. The van der Waals surface area contributed by atoms with Gasteiger partial charge < -0.3 is 4.74 Å². The molecule has 0 atom stereocenters. The highest BCUT2D eigenvalue weighted by atomic mass is 16.5. The normalized spacial score (nSPS) is 9.38. The van der Waals surface area contributed by atoms with Crippen LogP contribution in [0, 0.1) is 0 Å². The number of carbonyl (C=O) groups excluding carboxylic acids is 1. The molecule has 0 aromatic heterocycles. The van der Waals surface area contributed by atoms with E-state index in [0.717, 1.165) is 17.4 Å². The molecule has 0 spiro atoms. The number of allylic oxidation sites excluding steroid dienone is 1. The van der Waals surface area contributed by atoms with Crippen molar-refractivity contribution in [3.05, 3.63) is 35.9 Å². The van der Waals surface area contributed by atoms with Gasteiger partial charge in [0.05, 0.1) is 12.7 Å². The Morgan fingerprint density at radius 1 is 1.54 bits per heavy atom. The highest BCUT2D eigenvalue weighted by molar-refractivity contribution is 5.81. The van der Waals surface area contributed by atoms with Gasteiger partial charge in [-0.25, -0.2) is 0 Å². The minimum atomic E-state index is 0.563. The second-order valence-corrected chi connectivity index (χ2v) is 2.85. The Bertz CT molecular complexity index is 340. The van der Waals surface area contributed by atoms with Gasteiger partial charge in [-0.05, 0) is 24.6 Å². The van der Waals surface area contributed by atoms with Crippen molar-refractivity contribution < 1.29 is 9.53 Å². The topological polar surface area (TPSA) is 26.3 Å². The lowest BCUT2D eigenvalue weighted by Crippen LogP contribution is -1.91. The van der Waals surface area contributed by atoms with E-state index in [1.165, 1.54) is 0 Å². The summed E-state index contributed by atoms with van der Waals surface area (Å²) in [5, 5.41) is 0. The molecule has 0 amide bonds. The van der Waals surface area contributed by atoms with Gasteiger partial charge >= 0.3 is 0 Å². The number of hydrogen-bond donors (Lipinski definition) is 0. The molecule has 2 heteroatoms. The third-order valence-corrected chi connectivity index (χ3v) is 1.85. The molecule has 0 unspecified atom stereocenters. The SMILES string of the molecule is C=C(C)c1ccc(C=O)c(OC)c1. The summed E-state index contributed by atoms with van der Waals surface area (Å²) in [6.45, 7) is 5.72. The molecule has 0 N–H and O–H groups in total.